The Kier molecular flexibility index (Phi) is 9.49. The second kappa shape index (κ2) is 10.6. The maximum absolute atomic E-state index is 3.58. The number of likely N-dealkylation sites (tertiary alicyclic amines) is 1. The molecular weight excluding hydrogens is 246 g/mol. The van der Waals surface area contributed by atoms with Gasteiger partial charge in [0.1, 0.15) is 0 Å². The largest absolute Gasteiger partial charge is 0.314 e. The third-order valence-corrected chi connectivity index (χ3v) is 4.43. The van der Waals surface area contributed by atoms with Gasteiger partial charge < -0.3 is 15.1 Å². The van der Waals surface area contributed by atoms with E-state index in [1.54, 1.807) is 0 Å². The topological polar surface area (TPSA) is 18.5 Å². The quantitative estimate of drug-likeness (QED) is 0.622. The van der Waals surface area contributed by atoms with Gasteiger partial charge in [-0.3, -0.25) is 0 Å². The first-order valence-corrected chi connectivity index (χ1v) is 8.72. The molecule has 0 aromatic heterocycles. The van der Waals surface area contributed by atoms with E-state index in [4.69, 9.17) is 0 Å². The molecule has 0 aromatic rings. The molecular formula is C17H37N3. The highest BCUT2D eigenvalue weighted by molar-refractivity contribution is 4.74. The smallest absolute Gasteiger partial charge is 0.00387 e. The second-order valence-electron chi connectivity index (χ2n) is 6.90. The Bertz CT molecular complexity index is 222. The molecule has 1 atom stereocenters. The molecule has 1 fully saturated rings. The third kappa shape index (κ3) is 8.23. The van der Waals surface area contributed by atoms with E-state index in [0.29, 0.717) is 6.04 Å². The van der Waals surface area contributed by atoms with Crippen LogP contribution >= 0.6 is 0 Å². The average Bonchev–Trinajstić information content (AvgIpc) is 2.42. The summed E-state index contributed by atoms with van der Waals surface area (Å²) in [5.41, 5.74) is 0. The van der Waals surface area contributed by atoms with Crippen LogP contribution in [0.4, 0.5) is 0 Å². The van der Waals surface area contributed by atoms with Crippen molar-refractivity contribution in [1.29, 1.82) is 0 Å². The minimum Gasteiger partial charge on any atom is -0.314 e. The van der Waals surface area contributed by atoms with Crippen LogP contribution in [0.15, 0.2) is 0 Å². The summed E-state index contributed by atoms with van der Waals surface area (Å²) in [7, 11) is 4.39. The van der Waals surface area contributed by atoms with Gasteiger partial charge in [-0.05, 0) is 85.2 Å². The molecule has 0 spiro atoms. The highest BCUT2D eigenvalue weighted by Crippen LogP contribution is 2.18. The van der Waals surface area contributed by atoms with Gasteiger partial charge in [-0.1, -0.05) is 13.3 Å². The number of piperidine rings is 1. The molecule has 0 radical (unpaired) electrons. The lowest BCUT2D eigenvalue weighted by molar-refractivity contribution is 0.160. The Balaban J connectivity index is 1.98. The van der Waals surface area contributed by atoms with Crippen LogP contribution in [0.2, 0.25) is 0 Å². The van der Waals surface area contributed by atoms with Crippen molar-refractivity contribution in [2.45, 2.75) is 58.4 Å². The zero-order chi connectivity index (χ0) is 14.8. The fourth-order valence-electron chi connectivity index (χ4n) is 3.19. The summed E-state index contributed by atoms with van der Waals surface area (Å²) in [5.74, 6) is 0.930. The van der Waals surface area contributed by atoms with E-state index in [-0.39, 0.29) is 0 Å². The average molecular weight is 284 g/mol. The summed E-state index contributed by atoms with van der Waals surface area (Å²) < 4.78 is 0. The van der Waals surface area contributed by atoms with Crippen molar-refractivity contribution in [3.63, 3.8) is 0 Å². The van der Waals surface area contributed by atoms with Crippen LogP contribution in [0, 0.1) is 5.92 Å². The molecule has 1 aliphatic heterocycles. The van der Waals surface area contributed by atoms with Crippen molar-refractivity contribution in [2.75, 3.05) is 46.8 Å². The van der Waals surface area contributed by atoms with Crippen LogP contribution in [0.3, 0.4) is 0 Å². The van der Waals surface area contributed by atoms with Crippen LogP contribution < -0.4 is 5.32 Å². The number of rotatable bonds is 10. The van der Waals surface area contributed by atoms with Crippen molar-refractivity contribution < 1.29 is 0 Å². The first-order chi connectivity index (χ1) is 9.61. The maximum atomic E-state index is 3.58. The van der Waals surface area contributed by atoms with Crippen molar-refractivity contribution in [1.82, 2.24) is 15.1 Å². The van der Waals surface area contributed by atoms with Crippen molar-refractivity contribution >= 4 is 0 Å². The van der Waals surface area contributed by atoms with E-state index in [0.717, 1.165) is 5.92 Å². The summed E-state index contributed by atoms with van der Waals surface area (Å²) in [6, 6.07) is 0.695. The lowest BCUT2D eigenvalue weighted by atomic mass is 9.96. The summed E-state index contributed by atoms with van der Waals surface area (Å²) in [5, 5.41) is 3.58. The zero-order valence-electron chi connectivity index (χ0n) is 14.3. The van der Waals surface area contributed by atoms with Crippen LogP contribution in [-0.2, 0) is 0 Å². The molecule has 0 bridgehead atoms. The van der Waals surface area contributed by atoms with Crippen molar-refractivity contribution in [2.24, 2.45) is 5.92 Å². The molecule has 0 amide bonds. The number of unbranched alkanes of at least 4 members (excludes halogenated alkanes) is 1. The van der Waals surface area contributed by atoms with Crippen LogP contribution in [-0.4, -0.2) is 62.7 Å². The minimum atomic E-state index is 0.695. The first-order valence-electron chi connectivity index (χ1n) is 8.72. The summed E-state index contributed by atoms with van der Waals surface area (Å²) in [6.07, 6.45) is 8.11. The molecule has 1 saturated heterocycles. The van der Waals surface area contributed by atoms with Gasteiger partial charge in [0.15, 0.2) is 0 Å². The van der Waals surface area contributed by atoms with Gasteiger partial charge in [-0.15, -0.1) is 0 Å². The Labute approximate surface area is 127 Å². The standard InChI is InChI=1S/C17H37N3/c1-5-11-18-16(2)8-6-7-12-20-13-9-17(10-14-20)15-19(3)4/h16-18H,5-15H2,1-4H3. The molecule has 20 heavy (non-hydrogen) atoms. The molecule has 1 unspecified atom stereocenters. The highest BCUT2D eigenvalue weighted by Gasteiger charge is 2.19. The van der Waals surface area contributed by atoms with E-state index < -0.39 is 0 Å². The monoisotopic (exact) mass is 283 g/mol. The Morgan fingerprint density at radius 3 is 2.50 bits per heavy atom. The van der Waals surface area contributed by atoms with Gasteiger partial charge in [-0.2, -0.15) is 0 Å². The van der Waals surface area contributed by atoms with E-state index >= 15 is 0 Å². The number of hydrogen-bond acceptors (Lipinski definition) is 3. The lowest BCUT2D eigenvalue weighted by Crippen LogP contribution is -2.37. The molecule has 1 aliphatic rings. The number of nitrogens with one attached hydrogen (secondary N) is 1. The van der Waals surface area contributed by atoms with Gasteiger partial charge in [-0.25, -0.2) is 0 Å². The zero-order valence-corrected chi connectivity index (χ0v) is 14.3. The predicted molar refractivity (Wildman–Crippen MR) is 89.3 cm³/mol. The Morgan fingerprint density at radius 1 is 1.20 bits per heavy atom. The van der Waals surface area contributed by atoms with E-state index in [2.05, 4.69) is 43.1 Å². The molecule has 0 aromatic carbocycles. The van der Waals surface area contributed by atoms with Gasteiger partial charge in [0.2, 0.25) is 0 Å². The third-order valence-electron chi connectivity index (χ3n) is 4.43. The molecule has 3 nitrogen and oxygen atoms in total. The summed E-state index contributed by atoms with van der Waals surface area (Å²) in [6.45, 7) is 11.0. The van der Waals surface area contributed by atoms with Crippen LogP contribution in [0.25, 0.3) is 0 Å². The fraction of sp³-hybridized carbons (Fsp3) is 1.00. The summed E-state index contributed by atoms with van der Waals surface area (Å²) in [4.78, 5) is 5.02. The Hall–Kier alpha value is -0.120. The van der Waals surface area contributed by atoms with E-state index in [9.17, 15) is 0 Å². The van der Waals surface area contributed by atoms with Gasteiger partial charge in [0.25, 0.3) is 0 Å². The molecule has 3 heteroatoms. The minimum absolute atomic E-state index is 0.695. The molecule has 1 N–H and O–H groups in total. The van der Waals surface area contributed by atoms with Gasteiger partial charge >= 0.3 is 0 Å². The van der Waals surface area contributed by atoms with Crippen LogP contribution in [0.5, 0.6) is 0 Å². The van der Waals surface area contributed by atoms with Crippen molar-refractivity contribution in [3.8, 4) is 0 Å². The molecule has 1 rings (SSSR count). The normalized spacial score (nSPS) is 19.6. The van der Waals surface area contributed by atoms with Gasteiger partial charge in [0.05, 0.1) is 0 Å². The maximum Gasteiger partial charge on any atom is 0.00387 e. The van der Waals surface area contributed by atoms with Crippen molar-refractivity contribution in [3.05, 3.63) is 0 Å². The SMILES string of the molecule is CCCNC(C)CCCCN1CCC(CN(C)C)CC1. The van der Waals surface area contributed by atoms with E-state index in [1.165, 1.54) is 71.2 Å². The molecule has 0 saturated carbocycles. The van der Waals surface area contributed by atoms with Gasteiger partial charge in [0, 0.05) is 12.6 Å². The molecule has 120 valence electrons. The highest BCUT2D eigenvalue weighted by atomic mass is 15.1. The number of nitrogens with zero attached hydrogens (tertiary/aromatic N) is 2. The second-order valence-corrected chi connectivity index (χ2v) is 6.90. The molecule has 0 aliphatic carbocycles. The first kappa shape index (κ1) is 17.9. The fourth-order valence-corrected chi connectivity index (χ4v) is 3.19. The van der Waals surface area contributed by atoms with E-state index in [1.807, 2.05) is 0 Å². The molecule has 1 heterocycles. The number of hydrogen-bond donors (Lipinski definition) is 1. The summed E-state index contributed by atoms with van der Waals surface area (Å²) >= 11 is 0. The van der Waals surface area contributed by atoms with Crippen LogP contribution in [0.1, 0.15) is 52.4 Å². The Morgan fingerprint density at radius 2 is 1.90 bits per heavy atom. The predicted octanol–water partition coefficient (Wildman–Crippen LogP) is 2.82. The lowest BCUT2D eigenvalue weighted by Gasteiger charge is -2.33.